The van der Waals surface area contributed by atoms with Crippen LogP contribution >= 0.6 is 11.8 Å². The summed E-state index contributed by atoms with van der Waals surface area (Å²) in [6, 6.07) is 2.97. The molecule has 3 rings (SSSR count). The molecule has 2 saturated heterocycles. The van der Waals surface area contributed by atoms with Crippen molar-refractivity contribution in [2.24, 2.45) is 0 Å². The van der Waals surface area contributed by atoms with Gasteiger partial charge in [-0.15, -0.1) is 0 Å². The van der Waals surface area contributed by atoms with E-state index < -0.39 is 5.60 Å². The van der Waals surface area contributed by atoms with E-state index in [4.69, 9.17) is 0 Å². The van der Waals surface area contributed by atoms with Gasteiger partial charge in [0.2, 0.25) is 0 Å². The van der Waals surface area contributed by atoms with E-state index in [0.29, 0.717) is 44.2 Å². The fraction of sp³-hybridized carbons (Fsp3) is 0.600. The van der Waals surface area contributed by atoms with Gasteiger partial charge in [-0.2, -0.15) is 11.8 Å². The molecule has 22 heavy (non-hydrogen) atoms. The maximum absolute atomic E-state index is 13.8. The number of hydrogen-bond donors (Lipinski definition) is 1. The van der Waals surface area contributed by atoms with E-state index in [2.05, 4.69) is 4.98 Å². The molecular weight excluding hydrogens is 305 g/mol. The molecule has 120 valence electrons. The zero-order valence-electron chi connectivity index (χ0n) is 12.4. The highest BCUT2D eigenvalue weighted by Crippen LogP contribution is 2.30. The summed E-state index contributed by atoms with van der Waals surface area (Å²) in [6.45, 7) is 2.27. The minimum absolute atomic E-state index is 0.180. The summed E-state index contributed by atoms with van der Waals surface area (Å²) in [5.41, 5.74) is -1.21. The molecule has 1 N–H and O–H groups in total. The number of thioether (sulfide) groups is 1. The van der Waals surface area contributed by atoms with E-state index in [9.17, 15) is 14.3 Å². The van der Waals surface area contributed by atoms with E-state index in [0.717, 1.165) is 12.2 Å². The van der Waals surface area contributed by atoms with Crippen molar-refractivity contribution < 1.29 is 14.3 Å². The molecule has 0 aliphatic carbocycles. The number of halogens is 1. The Hall–Kier alpha value is -1.34. The van der Waals surface area contributed by atoms with Gasteiger partial charge >= 0.3 is 0 Å². The third kappa shape index (κ3) is 3.05. The second-order valence-corrected chi connectivity index (χ2v) is 6.88. The number of anilines is 1. The van der Waals surface area contributed by atoms with Crippen molar-refractivity contribution in [2.75, 3.05) is 42.6 Å². The van der Waals surface area contributed by atoms with Crippen LogP contribution in [0.1, 0.15) is 12.8 Å². The zero-order chi connectivity index (χ0) is 15.6. The Labute approximate surface area is 133 Å². The Morgan fingerprint density at radius 3 is 2.95 bits per heavy atom. The third-order valence-electron chi connectivity index (χ3n) is 4.22. The molecule has 0 radical (unpaired) electrons. The lowest BCUT2D eigenvalue weighted by molar-refractivity contribution is -0.148. The second-order valence-electron chi connectivity index (χ2n) is 5.78. The van der Waals surface area contributed by atoms with Gasteiger partial charge in [0.15, 0.2) is 17.2 Å². The van der Waals surface area contributed by atoms with Crippen LogP contribution in [0, 0.1) is 5.82 Å². The van der Waals surface area contributed by atoms with Crippen LogP contribution in [-0.4, -0.2) is 64.2 Å². The number of aromatic nitrogens is 1. The summed E-state index contributed by atoms with van der Waals surface area (Å²) in [6.07, 6.45) is 2.83. The molecule has 7 heteroatoms. The molecule has 0 spiro atoms. The summed E-state index contributed by atoms with van der Waals surface area (Å²) in [4.78, 5) is 20.2. The Balaban J connectivity index is 1.67. The lowest BCUT2D eigenvalue weighted by atomic mass is 10.0. The Morgan fingerprint density at radius 1 is 1.36 bits per heavy atom. The van der Waals surface area contributed by atoms with Gasteiger partial charge in [0, 0.05) is 38.1 Å². The molecule has 0 saturated carbocycles. The molecule has 5 nitrogen and oxygen atoms in total. The standard InChI is InChI=1S/C15H20FN3O2S/c16-12-3-1-5-17-13(12)18-6-2-7-19(9-8-18)14(20)15(21)4-10-22-11-15/h1,3,5,21H,2,4,6-11H2. The van der Waals surface area contributed by atoms with E-state index >= 15 is 0 Å². The van der Waals surface area contributed by atoms with E-state index in [1.807, 2.05) is 4.90 Å². The average Bonchev–Trinajstić information content (AvgIpc) is 2.83. The molecule has 2 aliphatic heterocycles. The number of pyridine rings is 1. The molecule has 1 aromatic rings. The number of hydrogen-bond acceptors (Lipinski definition) is 5. The summed E-state index contributed by atoms with van der Waals surface area (Å²) >= 11 is 1.61. The Morgan fingerprint density at radius 2 is 2.23 bits per heavy atom. The molecule has 1 atom stereocenters. The molecule has 2 aliphatic rings. The predicted molar refractivity (Wildman–Crippen MR) is 84.5 cm³/mol. The molecule has 0 bridgehead atoms. The first-order valence-corrected chi connectivity index (χ1v) is 8.71. The molecule has 0 aromatic carbocycles. The first-order valence-electron chi connectivity index (χ1n) is 7.55. The minimum atomic E-state index is -1.21. The number of nitrogens with zero attached hydrogens (tertiary/aromatic N) is 3. The highest BCUT2D eigenvalue weighted by atomic mass is 32.2. The highest BCUT2D eigenvalue weighted by molar-refractivity contribution is 7.99. The quantitative estimate of drug-likeness (QED) is 0.883. The fourth-order valence-electron chi connectivity index (χ4n) is 2.96. The highest BCUT2D eigenvalue weighted by Gasteiger charge is 2.42. The van der Waals surface area contributed by atoms with Gasteiger partial charge in [-0.1, -0.05) is 0 Å². The van der Waals surface area contributed by atoms with Crippen molar-refractivity contribution in [3.05, 3.63) is 24.1 Å². The van der Waals surface area contributed by atoms with Crippen LogP contribution in [0.25, 0.3) is 0 Å². The van der Waals surface area contributed by atoms with Crippen molar-refractivity contribution in [2.45, 2.75) is 18.4 Å². The maximum atomic E-state index is 13.8. The maximum Gasteiger partial charge on any atom is 0.255 e. The van der Waals surface area contributed by atoms with E-state index in [-0.39, 0.29) is 11.7 Å². The summed E-state index contributed by atoms with van der Waals surface area (Å²) in [7, 11) is 0. The van der Waals surface area contributed by atoms with Crippen molar-refractivity contribution in [3.8, 4) is 0 Å². The van der Waals surface area contributed by atoms with Gasteiger partial charge in [-0.3, -0.25) is 4.79 Å². The van der Waals surface area contributed by atoms with Gasteiger partial charge in [-0.05, 0) is 30.7 Å². The van der Waals surface area contributed by atoms with Crippen LogP contribution in [0.15, 0.2) is 18.3 Å². The van der Waals surface area contributed by atoms with Gasteiger partial charge in [0.1, 0.15) is 0 Å². The lowest BCUT2D eigenvalue weighted by Gasteiger charge is -2.29. The molecule has 1 unspecified atom stereocenters. The molecular formula is C15H20FN3O2S. The van der Waals surface area contributed by atoms with E-state index in [1.165, 1.54) is 6.07 Å². The SMILES string of the molecule is O=C(N1CCCN(c2ncccc2F)CC1)C1(O)CCSC1. The van der Waals surface area contributed by atoms with Gasteiger partial charge < -0.3 is 14.9 Å². The van der Waals surface area contributed by atoms with Gasteiger partial charge in [-0.25, -0.2) is 9.37 Å². The lowest BCUT2D eigenvalue weighted by Crippen LogP contribution is -2.50. The van der Waals surface area contributed by atoms with Gasteiger partial charge in [0.05, 0.1) is 0 Å². The molecule has 1 amide bonds. The van der Waals surface area contributed by atoms with Crippen LogP contribution in [0.3, 0.4) is 0 Å². The van der Waals surface area contributed by atoms with E-state index in [1.54, 1.807) is 28.9 Å². The number of carbonyl (C=O) groups excluding carboxylic acids is 1. The van der Waals surface area contributed by atoms with Crippen LogP contribution in [0.5, 0.6) is 0 Å². The summed E-state index contributed by atoms with van der Waals surface area (Å²) < 4.78 is 13.8. The van der Waals surface area contributed by atoms with Crippen molar-refractivity contribution in [1.82, 2.24) is 9.88 Å². The zero-order valence-corrected chi connectivity index (χ0v) is 13.2. The molecule has 2 fully saturated rings. The Kier molecular flexibility index (Phi) is 4.54. The van der Waals surface area contributed by atoms with Crippen molar-refractivity contribution in [1.29, 1.82) is 0 Å². The molecule has 3 heterocycles. The average molecular weight is 325 g/mol. The molecule has 1 aromatic heterocycles. The number of carbonyl (C=O) groups is 1. The number of amides is 1. The second kappa shape index (κ2) is 6.42. The number of rotatable bonds is 2. The summed E-state index contributed by atoms with van der Waals surface area (Å²) in [5, 5.41) is 10.4. The van der Waals surface area contributed by atoms with Crippen LogP contribution in [-0.2, 0) is 4.79 Å². The van der Waals surface area contributed by atoms with Crippen LogP contribution < -0.4 is 4.90 Å². The third-order valence-corrected chi connectivity index (χ3v) is 5.40. The van der Waals surface area contributed by atoms with Gasteiger partial charge in [0.25, 0.3) is 5.91 Å². The first-order chi connectivity index (χ1) is 10.6. The van der Waals surface area contributed by atoms with Crippen molar-refractivity contribution >= 4 is 23.5 Å². The Bertz CT molecular complexity index is 551. The first kappa shape index (κ1) is 15.6. The number of aliphatic hydroxyl groups is 1. The smallest absolute Gasteiger partial charge is 0.255 e. The summed E-state index contributed by atoms with van der Waals surface area (Å²) in [5.74, 6) is 1.11. The van der Waals surface area contributed by atoms with Crippen LogP contribution in [0.4, 0.5) is 10.2 Å². The normalized spacial score (nSPS) is 26.1. The van der Waals surface area contributed by atoms with Crippen LogP contribution in [0.2, 0.25) is 0 Å². The minimum Gasteiger partial charge on any atom is -0.379 e. The topological polar surface area (TPSA) is 56.7 Å². The largest absolute Gasteiger partial charge is 0.379 e. The predicted octanol–water partition coefficient (Wildman–Crippen LogP) is 1.13. The van der Waals surface area contributed by atoms with Crippen molar-refractivity contribution in [3.63, 3.8) is 0 Å². The fourth-order valence-corrected chi connectivity index (χ4v) is 4.19. The monoisotopic (exact) mass is 325 g/mol.